The molecule has 1 aliphatic rings. The van der Waals surface area contributed by atoms with Crippen molar-refractivity contribution in [1.29, 1.82) is 0 Å². The number of rotatable bonds is 5. The molecule has 5 heteroatoms. The molecule has 0 bridgehead atoms. The van der Waals surface area contributed by atoms with Crippen molar-refractivity contribution in [3.63, 3.8) is 0 Å². The second kappa shape index (κ2) is 9.53. The van der Waals surface area contributed by atoms with E-state index in [1.165, 1.54) is 11.1 Å². The minimum atomic E-state index is -0.352. The minimum Gasteiger partial charge on any atom is -0.445 e. The van der Waals surface area contributed by atoms with E-state index in [2.05, 4.69) is 53.4 Å². The summed E-state index contributed by atoms with van der Waals surface area (Å²) < 4.78 is 5.39. The van der Waals surface area contributed by atoms with Crippen LogP contribution in [0.25, 0.3) is 0 Å². The number of hydrogen-bond donors (Lipinski definition) is 1. The minimum absolute atomic E-state index is 0.0468. The van der Waals surface area contributed by atoms with Gasteiger partial charge in [0.05, 0.1) is 6.04 Å². The lowest BCUT2D eigenvalue weighted by Gasteiger charge is -2.24. The zero-order valence-electron chi connectivity index (χ0n) is 16.2. The molecule has 1 heterocycles. The van der Waals surface area contributed by atoms with Crippen LogP contribution in [0.5, 0.6) is 0 Å². The number of ether oxygens (including phenoxy) is 1. The summed E-state index contributed by atoms with van der Waals surface area (Å²) in [4.78, 5) is 16.9. The van der Waals surface area contributed by atoms with E-state index in [1.54, 1.807) is 0 Å². The molecule has 2 aromatic rings. The number of benzene rings is 2. The molecule has 0 aromatic heterocycles. The van der Waals surface area contributed by atoms with E-state index in [1.807, 2.05) is 30.3 Å². The van der Waals surface area contributed by atoms with Crippen LogP contribution in [0.15, 0.2) is 54.6 Å². The summed E-state index contributed by atoms with van der Waals surface area (Å²) in [6, 6.07) is 18.4. The first-order valence-corrected chi connectivity index (χ1v) is 9.52. The van der Waals surface area contributed by atoms with Crippen LogP contribution < -0.4 is 5.32 Å². The van der Waals surface area contributed by atoms with Gasteiger partial charge in [-0.3, -0.25) is 4.90 Å². The monoisotopic (exact) mass is 367 g/mol. The fourth-order valence-electron chi connectivity index (χ4n) is 3.48. The molecule has 3 rings (SSSR count). The molecule has 27 heavy (non-hydrogen) atoms. The Labute approximate surface area is 161 Å². The molecule has 2 aromatic carbocycles. The molecule has 144 valence electrons. The van der Waals surface area contributed by atoms with E-state index in [4.69, 9.17) is 4.74 Å². The summed E-state index contributed by atoms with van der Waals surface area (Å²) in [6.45, 7) is 6.93. The fourth-order valence-corrected chi connectivity index (χ4v) is 3.48. The number of nitrogens with zero attached hydrogens (tertiary/aromatic N) is 2. The molecule has 1 aliphatic heterocycles. The first-order chi connectivity index (χ1) is 13.1. The molecule has 0 spiro atoms. The summed E-state index contributed by atoms with van der Waals surface area (Å²) in [5, 5.41) is 3.04. The summed E-state index contributed by atoms with van der Waals surface area (Å²) in [5.74, 6) is 0. The smallest absolute Gasteiger partial charge is 0.407 e. The Morgan fingerprint density at radius 3 is 2.63 bits per heavy atom. The standard InChI is InChI=1S/C22H29N3O2/c1-18-7-6-10-20(13-18)14-25-12-11-24(2)15-21(16-25)23-22(26)27-17-19-8-4-3-5-9-19/h3-10,13,21H,11-12,14-17H2,1-2H3,(H,23,26). The molecule has 0 aliphatic carbocycles. The van der Waals surface area contributed by atoms with Gasteiger partial charge >= 0.3 is 6.09 Å². The Bertz CT molecular complexity index is 735. The molecule has 1 atom stereocenters. The number of amides is 1. The van der Waals surface area contributed by atoms with Crippen molar-refractivity contribution < 1.29 is 9.53 Å². The highest BCUT2D eigenvalue weighted by molar-refractivity contribution is 5.67. The Hall–Kier alpha value is -2.37. The summed E-state index contributed by atoms with van der Waals surface area (Å²) >= 11 is 0. The summed E-state index contributed by atoms with van der Waals surface area (Å²) in [6.07, 6.45) is -0.352. The van der Waals surface area contributed by atoms with Crippen LogP contribution in [-0.4, -0.2) is 55.2 Å². The number of carbonyl (C=O) groups is 1. The van der Waals surface area contributed by atoms with Crippen molar-refractivity contribution >= 4 is 6.09 Å². The van der Waals surface area contributed by atoms with Gasteiger partial charge in [-0.05, 0) is 25.1 Å². The molecule has 0 saturated carbocycles. The molecule has 1 unspecified atom stereocenters. The maximum absolute atomic E-state index is 12.2. The van der Waals surface area contributed by atoms with Gasteiger partial charge in [0, 0.05) is 32.7 Å². The molecular formula is C22H29N3O2. The predicted molar refractivity (Wildman–Crippen MR) is 108 cm³/mol. The van der Waals surface area contributed by atoms with Gasteiger partial charge in [-0.15, -0.1) is 0 Å². The lowest BCUT2D eigenvalue weighted by atomic mass is 10.1. The Balaban J connectivity index is 1.54. The molecule has 1 N–H and O–H groups in total. The molecule has 1 amide bonds. The topological polar surface area (TPSA) is 44.8 Å². The summed E-state index contributed by atoms with van der Waals surface area (Å²) in [7, 11) is 2.10. The van der Waals surface area contributed by atoms with Crippen LogP contribution in [0.2, 0.25) is 0 Å². The normalized spacial score (nSPS) is 18.7. The number of nitrogens with one attached hydrogen (secondary N) is 1. The number of carbonyl (C=O) groups excluding carboxylic acids is 1. The van der Waals surface area contributed by atoms with Crippen molar-refractivity contribution in [2.45, 2.75) is 26.1 Å². The van der Waals surface area contributed by atoms with E-state index in [-0.39, 0.29) is 12.1 Å². The maximum Gasteiger partial charge on any atom is 0.407 e. The predicted octanol–water partition coefficient (Wildman–Crippen LogP) is 3.04. The first kappa shape index (κ1) is 19.4. The zero-order valence-corrected chi connectivity index (χ0v) is 16.2. The van der Waals surface area contributed by atoms with E-state index in [9.17, 15) is 4.79 Å². The van der Waals surface area contributed by atoms with Crippen LogP contribution in [0.4, 0.5) is 4.79 Å². The Kier molecular flexibility index (Phi) is 6.85. The van der Waals surface area contributed by atoms with Crippen LogP contribution in [0, 0.1) is 6.92 Å². The van der Waals surface area contributed by atoms with Gasteiger partial charge in [-0.25, -0.2) is 4.79 Å². The van der Waals surface area contributed by atoms with Crippen molar-refractivity contribution in [2.75, 3.05) is 33.2 Å². The third-order valence-corrected chi connectivity index (χ3v) is 4.83. The van der Waals surface area contributed by atoms with Gasteiger partial charge in [0.25, 0.3) is 0 Å². The number of hydrogen-bond acceptors (Lipinski definition) is 4. The van der Waals surface area contributed by atoms with Gasteiger partial charge in [-0.2, -0.15) is 0 Å². The van der Waals surface area contributed by atoms with Crippen LogP contribution in [-0.2, 0) is 17.9 Å². The van der Waals surface area contributed by atoms with Crippen molar-refractivity contribution in [3.05, 3.63) is 71.3 Å². The lowest BCUT2D eigenvalue weighted by molar-refractivity contribution is 0.131. The van der Waals surface area contributed by atoms with Gasteiger partial charge in [0.1, 0.15) is 6.61 Å². The van der Waals surface area contributed by atoms with E-state index >= 15 is 0 Å². The second-order valence-electron chi connectivity index (χ2n) is 7.39. The highest BCUT2D eigenvalue weighted by atomic mass is 16.5. The number of likely N-dealkylation sites (N-methyl/N-ethyl adjacent to an activating group) is 1. The maximum atomic E-state index is 12.2. The van der Waals surface area contributed by atoms with Gasteiger partial charge in [-0.1, -0.05) is 60.2 Å². The van der Waals surface area contributed by atoms with Gasteiger partial charge < -0.3 is 15.0 Å². The van der Waals surface area contributed by atoms with Crippen molar-refractivity contribution in [2.24, 2.45) is 0 Å². The van der Waals surface area contributed by atoms with E-state index in [0.29, 0.717) is 6.61 Å². The molecule has 1 saturated heterocycles. The number of alkyl carbamates (subject to hydrolysis) is 1. The first-order valence-electron chi connectivity index (χ1n) is 9.52. The Morgan fingerprint density at radius 1 is 1.07 bits per heavy atom. The van der Waals surface area contributed by atoms with E-state index < -0.39 is 0 Å². The third-order valence-electron chi connectivity index (χ3n) is 4.83. The molecular weight excluding hydrogens is 338 g/mol. The SMILES string of the molecule is Cc1cccc(CN2CCN(C)CC(NC(=O)OCc3ccccc3)C2)c1. The van der Waals surface area contributed by atoms with Gasteiger partial charge in [0.15, 0.2) is 0 Å². The molecule has 0 radical (unpaired) electrons. The summed E-state index contributed by atoms with van der Waals surface area (Å²) in [5.41, 5.74) is 3.58. The Morgan fingerprint density at radius 2 is 1.85 bits per heavy atom. The highest BCUT2D eigenvalue weighted by Gasteiger charge is 2.23. The molecule has 5 nitrogen and oxygen atoms in total. The lowest BCUT2D eigenvalue weighted by Crippen LogP contribution is -2.46. The largest absolute Gasteiger partial charge is 0.445 e. The molecule has 1 fully saturated rings. The average molecular weight is 367 g/mol. The van der Waals surface area contributed by atoms with Crippen molar-refractivity contribution in [3.8, 4) is 0 Å². The number of aryl methyl sites for hydroxylation is 1. The van der Waals surface area contributed by atoms with Crippen LogP contribution in [0.1, 0.15) is 16.7 Å². The highest BCUT2D eigenvalue weighted by Crippen LogP contribution is 2.11. The van der Waals surface area contributed by atoms with Crippen LogP contribution in [0.3, 0.4) is 0 Å². The van der Waals surface area contributed by atoms with E-state index in [0.717, 1.165) is 38.3 Å². The second-order valence-corrected chi connectivity index (χ2v) is 7.39. The van der Waals surface area contributed by atoms with Crippen molar-refractivity contribution in [1.82, 2.24) is 15.1 Å². The third kappa shape index (κ3) is 6.38. The average Bonchev–Trinajstić information content (AvgIpc) is 2.82. The fraction of sp³-hybridized carbons (Fsp3) is 0.409. The van der Waals surface area contributed by atoms with Crippen LogP contribution >= 0.6 is 0 Å². The quantitative estimate of drug-likeness (QED) is 0.882. The van der Waals surface area contributed by atoms with Gasteiger partial charge in [0.2, 0.25) is 0 Å². The zero-order chi connectivity index (χ0) is 19.1.